The van der Waals surface area contributed by atoms with Crippen molar-refractivity contribution in [3.05, 3.63) is 45.2 Å². The van der Waals surface area contributed by atoms with Gasteiger partial charge in [-0.15, -0.1) is 11.3 Å². The fraction of sp³-hybridized carbons (Fsp3) is 0.357. The molecule has 19 heavy (non-hydrogen) atoms. The van der Waals surface area contributed by atoms with Crippen LogP contribution in [0, 0.1) is 5.82 Å². The Hall–Kier alpha value is -1.13. The van der Waals surface area contributed by atoms with E-state index in [4.69, 9.17) is 17.3 Å². The molecule has 2 N–H and O–H groups in total. The first kappa shape index (κ1) is 14.3. The summed E-state index contributed by atoms with van der Waals surface area (Å²) in [6.45, 7) is 6.27. The number of nitrogen functional groups attached to an aromatic ring is 1. The van der Waals surface area contributed by atoms with E-state index in [0.29, 0.717) is 11.6 Å². The Balaban J connectivity index is 2.35. The molecular weight excluding hydrogens is 283 g/mol. The molecule has 102 valence electrons. The minimum absolute atomic E-state index is 0.0750. The summed E-state index contributed by atoms with van der Waals surface area (Å²) in [4.78, 5) is 5.47. The van der Waals surface area contributed by atoms with Crippen LogP contribution in [0.15, 0.2) is 18.2 Å². The third-order valence-corrected chi connectivity index (χ3v) is 3.96. The van der Waals surface area contributed by atoms with Crippen LogP contribution in [0.25, 0.3) is 0 Å². The van der Waals surface area contributed by atoms with Gasteiger partial charge in [0.25, 0.3) is 0 Å². The summed E-state index contributed by atoms with van der Waals surface area (Å²) in [5.74, 6) is -0.394. The van der Waals surface area contributed by atoms with Crippen LogP contribution in [-0.4, -0.2) is 4.98 Å². The van der Waals surface area contributed by atoms with Crippen molar-refractivity contribution >= 4 is 28.1 Å². The highest BCUT2D eigenvalue weighted by Crippen LogP contribution is 2.32. The maximum absolute atomic E-state index is 13.5. The first-order valence-electron chi connectivity index (χ1n) is 5.97. The Bertz CT molecular complexity index is 602. The van der Waals surface area contributed by atoms with E-state index in [1.165, 1.54) is 17.4 Å². The molecule has 1 heterocycles. The van der Waals surface area contributed by atoms with Gasteiger partial charge in [-0.1, -0.05) is 38.4 Å². The van der Waals surface area contributed by atoms with Crippen molar-refractivity contribution < 1.29 is 4.39 Å². The van der Waals surface area contributed by atoms with Gasteiger partial charge in [0.05, 0.1) is 10.7 Å². The topological polar surface area (TPSA) is 38.9 Å². The fourth-order valence-electron chi connectivity index (χ4n) is 1.91. The zero-order chi connectivity index (χ0) is 14.2. The maximum atomic E-state index is 13.5. The quantitative estimate of drug-likeness (QED) is 0.892. The lowest BCUT2D eigenvalue weighted by Gasteiger charge is -2.17. The van der Waals surface area contributed by atoms with Gasteiger partial charge in [-0.05, 0) is 17.7 Å². The molecule has 0 spiro atoms. The molecule has 1 aromatic carbocycles. The van der Waals surface area contributed by atoms with Gasteiger partial charge >= 0.3 is 0 Å². The van der Waals surface area contributed by atoms with E-state index in [1.54, 1.807) is 6.07 Å². The lowest BCUT2D eigenvalue weighted by Crippen LogP contribution is -2.14. The molecule has 2 aromatic rings. The number of nitrogens with zero attached hydrogens (tertiary/aromatic N) is 1. The summed E-state index contributed by atoms with van der Waals surface area (Å²) in [7, 11) is 0. The largest absolute Gasteiger partial charge is 0.375 e. The smallest absolute Gasteiger partial charge is 0.180 e. The molecular formula is C14H16ClFN2S. The maximum Gasteiger partial charge on any atom is 0.180 e. The SMILES string of the molecule is CC(C)(C)c1nc(N)sc1Cc1ccc(Cl)c(F)c1. The van der Waals surface area contributed by atoms with Gasteiger partial charge in [-0.3, -0.25) is 0 Å². The molecule has 0 atom stereocenters. The van der Waals surface area contributed by atoms with E-state index in [9.17, 15) is 4.39 Å². The Labute approximate surface area is 121 Å². The molecule has 0 fully saturated rings. The number of rotatable bonds is 2. The van der Waals surface area contributed by atoms with Gasteiger partial charge in [0.1, 0.15) is 5.82 Å². The lowest BCUT2D eigenvalue weighted by molar-refractivity contribution is 0.568. The number of nitrogens with two attached hydrogens (primary N) is 1. The number of aromatic nitrogens is 1. The van der Waals surface area contributed by atoms with E-state index in [0.717, 1.165) is 16.1 Å². The first-order valence-corrected chi connectivity index (χ1v) is 7.16. The lowest BCUT2D eigenvalue weighted by atomic mass is 9.90. The Morgan fingerprint density at radius 1 is 1.37 bits per heavy atom. The molecule has 5 heteroatoms. The predicted octanol–water partition coefficient (Wildman–Crippen LogP) is 4.41. The van der Waals surface area contributed by atoms with Crippen LogP contribution in [0.5, 0.6) is 0 Å². The average molecular weight is 299 g/mol. The van der Waals surface area contributed by atoms with Gasteiger partial charge in [-0.25, -0.2) is 9.37 Å². The summed E-state index contributed by atoms with van der Waals surface area (Å²) in [6, 6.07) is 4.87. The number of benzene rings is 1. The van der Waals surface area contributed by atoms with E-state index < -0.39 is 5.82 Å². The molecule has 0 radical (unpaired) electrons. The first-order chi connectivity index (χ1) is 8.77. The summed E-state index contributed by atoms with van der Waals surface area (Å²) in [5.41, 5.74) is 7.57. The second-order valence-corrected chi connectivity index (χ2v) is 7.02. The van der Waals surface area contributed by atoms with Gasteiger partial charge < -0.3 is 5.73 Å². The van der Waals surface area contributed by atoms with Crippen molar-refractivity contribution in [3.8, 4) is 0 Å². The Morgan fingerprint density at radius 3 is 2.63 bits per heavy atom. The van der Waals surface area contributed by atoms with Gasteiger partial charge in [0.15, 0.2) is 5.13 Å². The zero-order valence-corrected chi connectivity index (χ0v) is 12.7. The van der Waals surface area contributed by atoms with Crippen LogP contribution >= 0.6 is 22.9 Å². The van der Waals surface area contributed by atoms with E-state index in [-0.39, 0.29) is 10.4 Å². The Morgan fingerprint density at radius 2 is 2.05 bits per heavy atom. The van der Waals surface area contributed by atoms with Crippen LogP contribution in [0.4, 0.5) is 9.52 Å². The van der Waals surface area contributed by atoms with Crippen molar-refractivity contribution in [2.24, 2.45) is 0 Å². The van der Waals surface area contributed by atoms with Crippen molar-refractivity contribution in [2.75, 3.05) is 5.73 Å². The van der Waals surface area contributed by atoms with E-state index in [1.807, 2.05) is 6.07 Å². The summed E-state index contributed by atoms with van der Waals surface area (Å²) in [6.07, 6.45) is 0.621. The minimum Gasteiger partial charge on any atom is -0.375 e. The summed E-state index contributed by atoms with van der Waals surface area (Å²) in [5, 5.41) is 0.693. The molecule has 0 saturated heterocycles. The molecule has 0 aliphatic rings. The molecule has 0 unspecified atom stereocenters. The third kappa shape index (κ3) is 3.25. The number of hydrogen-bond donors (Lipinski definition) is 1. The van der Waals surface area contributed by atoms with Crippen LogP contribution in [-0.2, 0) is 11.8 Å². The molecule has 2 nitrogen and oxygen atoms in total. The predicted molar refractivity (Wildman–Crippen MR) is 79.4 cm³/mol. The molecule has 1 aromatic heterocycles. The molecule has 0 bridgehead atoms. The standard InChI is InChI=1S/C14H16ClFN2S/c1-14(2,3)12-11(19-13(17)18-12)7-8-4-5-9(15)10(16)6-8/h4-6H,7H2,1-3H3,(H2,17,18). The molecule has 2 rings (SSSR count). The van der Waals surface area contributed by atoms with Crippen LogP contribution in [0.2, 0.25) is 5.02 Å². The normalized spacial score (nSPS) is 11.8. The Kier molecular flexibility index (Phi) is 3.83. The van der Waals surface area contributed by atoms with E-state index in [2.05, 4.69) is 25.8 Å². The second-order valence-electron chi connectivity index (χ2n) is 5.50. The van der Waals surface area contributed by atoms with Crippen molar-refractivity contribution in [2.45, 2.75) is 32.6 Å². The van der Waals surface area contributed by atoms with E-state index >= 15 is 0 Å². The molecule has 0 aliphatic carbocycles. The highest BCUT2D eigenvalue weighted by Gasteiger charge is 2.22. The van der Waals surface area contributed by atoms with Crippen molar-refractivity contribution in [1.29, 1.82) is 0 Å². The highest BCUT2D eigenvalue weighted by molar-refractivity contribution is 7.15. The summed E-state index contributed by atoms with van der Waals surface area (Å²) >= 11 is 7.14. The van der Waals surface area contributed by atoms with Crippen LogP contribution < -0.4 is 5.73 Å². The molecule has 0 amide bonds. The fourth-order valence-corrected chi connectivity index (χ4v) is 3.10. The number of hydrogen-bond acceptors (Lipinski definition) is 3. The molecule has 0 aliphatic heterocycles. The highest BCUT2D eigenvalue weighted by atomic mass is 35.5. The number of thiazole rings is 1. The van der Waals surface area contributed by atoms with Gasteiger partial charge in [0, 0.05) is 16.7 Å². The second kappa shape index (κ2) is 5.10. The zero-order valence-electron chi connectivity index (χ0n) is 11.1. The monoisotopic (exact) mass is 298 g/mol. The summed E-state index contributed by atoms with van der Waals surface area (Å²) < 4.78 is 13.5. The molecule has 0 saturated carbocycles. The average Bonchev–Trinajstić information content (AvgIpc) is 2.65. The van der Waals surface area contributed by atoms with Crippen LogP contribution in [0.1, 0.15) is 36.9 Å². The number of halogens is 2. The van der Waals surface area contributed by atoms with Gasteiger partial charge in [-0.2, -0.15) is 0 Å². The van der Waals surface area contributed by atoms with Crippen LogP contribution in [0.3, 0.4) is 0 Å². The minimum atomic E-state index is -0.394. The third-order valence-electron chi connectivity index (χ3n) is 2.77. The van der Waals surface area contributed by atoms with Crippen molar-refractivity contribution in [1.82, 2.24) is 4.98 Å². The number of anilines is 1. The van der Waals surface area contributed by atoms with Gasteiger partial charge in [0.2, 0.25) is 0 Å². The van der Waals surface area contributed by atoms with Crippen molar-refractivity contribution in [3.63, 3.8) is 0 Å².